The van der Waals surface area contributed by atoms with Gasteiger partial charge in [0, 0.05) is 31.4 Å². The van der Waals surface area contributed by atoms with E-state index in [1.807, 2.05) is 26.0 Å². The number of hydrogen-bond acceptors (Lipinski definition) is 4. The average Bonchev–Trinajstić information content (AvgIpc) is 2.75. The van der Waals surface area contributed by atoms with E-state index >= 15 is 0 Å². The van der Waals surface area contributed by atoms with Crippen molar-refractivity contribution in [2.45, 2.75) is 31.6 Å². The van der Waals surface area contributed by atoms with Crippen LogP contribution in [-0.2, 0) is 14.8 Å². The molecule has 2 aromatic carbocycles. The number of likely N-dealkylation sites (N-methyl/N-ethyl adjacent to an activating group) is 1. The Morgan fingerprint density at radius 2 is 1.74 bits per heavy atom. The van der Waals surface area contributed by atoms with Gasteiger partial charge in [0.2, 0.25) is 15.9 Å². The minimum absolute atomic E-state index is 0.113. The number of anilines is 1. The number of amides is 2. The zero-order chi connectivity index (χ0) is 22.6. The molecule has 1 saturated heterocycles. The number of carbonyl (C=O) groups excluding carboxylic acids is 2. The van der Waals surface area contributed by atoms with E-state index in [4.69, 9.17) is 0 Å². The summed E-state index contributed by atoms with van der Waals surface area (Å²) in [5.74, 6) is -0.322. The van der Waals surface area contributed by atoms with Crippen LogP contribution in [0.15, 0.2) is 53.4 Å². The lowest BCUT2D eigenvalue weighted by molar-refractivity contribution is -0.116. The number of carbonyl (C=O) groups is 2. The number of benzene rings is 2. The first-order valence-electron chi connectivity index (χ1n) is 10.4. The highest BCUT2D eigenvalue weighted by atomic mass is 32.2. The van der Waals surface area contributed by atoms with Gasteiger partial charge in [-0.1, -0.05) is 24.6 Å². The number of piperidine rings is 1. The maximum atomic E-state index is 12.9. The molecule has 0 spiro atoms. The molecule has 1 N–H and O–H groups in total. The minimum Gasteiger partial charge on any atom is -0.332 e. The van der Waals surface area contributed by atoms with Crippen LogP contribution in [0.5, 0.6) is 0 Å². The number of nitrogens with zero attached hydrogens (tertiary/aromatic N) is 2. The fourth-order valence-corrected chi connectivity index (χ4v) is 5.23. The van der Waals surface area contributed by atoms with Gasteiger partial charge in [-0.25, -0.2) is 8.42 Å². The molecule has 7 nitrogen and oxygen atoms in total. The third-order valence-corrected chi connectivity index (χ3v) is 7.30. The lowest BCUT2D eigenvalue weighted by Gasteiger charge is -2.30. The van der Waals surface area contributed by atoms with Crippen molar-refractivity contribution in [1.29, 1.82) is 0 Å². The van der Waals surface area contributed by atoms with Gasteiger partial charge >= 0.3 is 0 Å². The highest BCUT2D eigenvalue weighted by Crippen LogP contribution is 2.23. The standard InChI is InChI=1S/C23H29N3O4S/c1-17-6-10-20(11-7-17)24-22(27)16-25(3)23(28)19-8-12-21(13-9-19)31(29,30)26-14-4-5-18(2)15-26/h6-13,18H,4-5,14-16H2,1-3H3,(H,24,27). The number of hydrogen-bond donors (Lipinski definition) is 1. The first-order chi connectivity index (χ1) is 14.7. The van der Waals surface area contributed by atoms with E-state index in [0.717, 1.165) is 18.4 Å². The summed E-state index contributed by atoms with van der Waals surface area (Å²) in [7, 11) is -2.03. The molecule has 2 amide bonds. The third-order valence-electron chi connectivity index (χ3n) is 5.42. The van der Waals surface area contributed by atoms with E-state index in [2.05, 4.69) is 5.32 Å². The summed E-state index contributed by atoms with van der Waals surface area (Å²) in [6.07, 6.45) is 1.88. The van der Waals surface area contributed by atoms with E-state index in [0.29, 0.717) is 30.3 Å². The van der Waals surface area contributed by atoms with Gasteiger partial charge in [0.15, 0.2) is 0 Å². The summed E-state index contributed by atoms with van der Waals surface area (Å²) >= 11 is 0. The fraction of sp³-hybridized carbons (Fsp3) is 0.391. The van der Waals surface area contributed by atoms with Crippen LogP contribution < -0.4 is 5.32 Å². The Morgan fingerprint density at radius 1 is 1.10 bits per heavy atom. The van der Waals surface area contributed by atoms with Crippen molar-refractivity contribution in [3.05, 3.63) is 59.7 Å². The van der Waals surface area contributed by atoms with Crippen LogP contribution >= 0.6 is 0 Å². The lowest BCUT2D eigenvalue weighted by atomic mass is 10.0. The van der Waals surface area contributed by atoms with Crippen LogP contribution in [0.3, 0.4) is 0 Å². The average molecular weight is 444 g/mol. The SMILES string of the molecule is Cc1ccc(NC(=O)CN(C)C(=O)c2ccc(S(=O)(=O)N3CCCC(C)C3)cc2)cc1. The summed E-state index contributed by atoms with van der Waals surface area (Å²) in [6, 6.07) is 13.3. The maximum absolute atomic E-state index is 12.9. The molecule has 1 atom stereocenters. The fourth-order valence-electron chi connectivity index (χ4n) is 3.63. The van der Waals surface area contributed by atoms with Crippen molar-refractivity contribution in [2.75, 3.05) is 32.0 Å². The highest BCUT2D eigenvalue weighted by Gasteiger charge is 2.28. The summed E-state index contributed by atoms with van der Waals surface area (Å²) in [5, 5.41) is 2.76. The van der Waals surface area contributed by atoms with Crippen LogP contribution in [0.2, 0.25) is 0 Å². The normalized spacial score (nSPS) is 17.2. The van der Waals surface area contributed by atoms with Crippen LogP contribution in [0, 0.1) is 12.8 Å². The second-order valence-corrected chi connectivity index (χ2v) is 10.1. The number of sulfonamides is 1. The molecule has 1 fully saturated rings. The van der Waals surface area contributed by atoms with Crippen LogP contribution in [-0.4, -0.2) is 56.1 Å². The van der Waals surface area contributed by atoms with Gasteiger partial charge < -0.3 is 10.2 Å². The second-order valence-electron chi connectivity index (χ2n) is 8.21. The second kappa shape index (κ2) is 9.62. The highest BCUT2D eigenvalue weighted by molar-refractivity contribution is 7.89. The van der Waals surface area contributed by atoms with Gasteiger partial charge in [0.1, 0.15) is 0 Å². The molecule has 1 aliphatic heterocycles. The Balaban J connectivity index is 1.62. The number of rotatable bonds is 6. The van der Waals surface area contributed by atoms with Gasteiger partial charge in [-0.05, 0) is 62.1 Å². The lowest BCUT2D eigenvalue weighted by Crippen LogP contribution is -2.39. The van der Waals surface area contributed by atoms with Crippen molar-refractivity contribution < 1.29 is 18.0 Å². The molecule has 31 heavy (non-hydrogen) atoms. The molecule has 2 aromatic rings. The Labute approximate surface area is 184 Å². The van der Waals surface area contributed by atoms with E-state index in [9.17, 15) is 18.0 Å². The molecule has 8 heteroatoms. The first-order valence-corrected chi connectivity index (χ1v) is 11.8. The molecule has 0 radical (unpaired) electrons. The molecule has 1 heterocycles. The van der Waals surface area contributed by atoms with Crippen LogP contribution in [0.1, 0.15) is 35.7 Å². The predicted octanol–water partition coefficient (Wildman–Crippen LogP) is 3.13. The molecular weight excluding hydrogens is 414 g/mol. The summed E-state index contributed by atoms with van der Waals surface area (Å²) < 4.78 is 27.2. The van der Waals surface area contributed by atoms with Crippen LogP contribution in [0.25, 0.3) is 0 Å². The molecule has 166 valence electrons. The topological polar surface area (TPSA) is 86.8 Å². The third kappa shape index (κ3) is 5.71. The van der Waals surface area contributed by atoms with E-state index in [1.54, 1.807) is 12.1 Å². The molecule has 0 aliphatic carbocycles. The molecule has 0 aromatic heterocycles. The largest absolute Gasteiger partial charge is 0.332 e. The zero-order valence-electron chi connectivity index (χ0n) is 18.2. The van der Waals surface area contributed by atoms with Crippen molar-refractivity contribution in [3.8, 4) is 0 Å². The Kier molecular flexibility index (Phi) is 7.12. The quantitative estimate of drug-likeness (QED) is 0.743. The molecule has 0 bridgehead atoms. The van der Waals surface area contributed by atoms with Gasteiger partial charge in [-0.15, -0.1) is 0 Å². The summed E-state index contributed by atoms with van der Waals surface area (Å²) in [6.45, 7) is 4.93. The Bertz CT molecular complexity index is 1030. The van der Waals surface area contributed by atoms with Crippen molar-refractivity contribution >= 4 is 27.5 Å². The van der Waals surface area contributed by atoms with E-state index in [-0.39, 0.29) is 23.3 Å². The van der Waals surface area contributed by atoms with Gasteiger partial charge in [0.05, 0.1) is 11.4 Å². The molecule has 0 saturated carbocycles. The smallest absolute Gasteiger partial charge is 0.254 e. The van der Waals surface area contributed by atoms with Gasteiger partial charge in [-0.3, -0.25) is 9.59 Å². The van der Waals surface area contributed by atoms with E-state index in [1.165, 1.54) is 40.5 Å². The monoisotopic (exact) mass is 443 g/mol. The van der Waals surface area contributed by atoms with Crippen molar-refractivity contribution in [2.24, 2.45) is 5.92 Å². The van der Waals surface area contributed by atoms with Gasteiger partial charge in [-0.2, -0.15) is 4.31 Å². The summed E-state index contributed by atoms with van der Waals surface area (Å²) in [4.78, 5) is 26.4. The maximum Gasteiger partial charge on any atom is 0.254 e. The summed E-state index contributed by atoms with van der Waals surface area (Å²) in [5.41, 5.74) is 2.08. The number of nitrogens with one attached hydrogen (secondary N) is 1. The van der Waals surface area contributed by atoms with Crippen LogP contribution in [0.4, 0.5) is 5.69 Å². The molecule has 1 aliphatic rings. The Morgan fingerprint density at radius 3 is 2.35 bits per heavy atom. The van der Waals surface area contributed by atoms with Crippen molar-refractivity contribution in [1.82, 2.24) is 9.21 Å². The molecular formula is C23H29N3O4S. The zero-order valence-corrected chi connectivity index (χ0v) is 19.0. The van der Waals surface area contributed by atoms with Crippen molar-refractivity contribution in [3.63, 3.8) is 0 Å². The molecule has 3 rings (SSSR count). The molecule has 1 unspecified atom stereocenters. The minimum atomic E-state index is -3.57. The van der Waals surface area contributed by atoms with Gasteiger partial charge in [0.25, 0.3) is 5.91 Å². The first kappa shape index (κ1) is 23.0. The predicted molar refractivity (Wildman–Crippen MR) is 120 cm³/mol. The number of aryl methyl sites for hydroxylation is 1. The van der Waals surface area contributed by atoms with E-state index < -0.39 is 10.0 Å². The Hall–Kier alpha value is -2.71.